The Morgan fingerprint density at radius 2 is 1.82 bits per heavy atom. The summed E-state index contributed by atoms with van der Waals surface area (Å²) in [5.41, 5.74) is 3.46. The molecule has 22 heavy (non-hydrogen) atoms. The molecule has 2 aliphatic rings. The first kappa shape index (κ1) is 15.5. The SMILES string of the molecule is Cc1ccc(/C=C2/CCC[C@H](CN3CCCCC3)C2=O)cc1. The Morgan fingerprint density at radius 3 is 2.55 bits per heavy atom. The Balaban J connectivity index is 1.67. The van der Waals surface area contributed by atoms with E-state index >= 15 is 0 Å². The first-order valence-electron chi connectivity index (χ1n) is 8.76. The van der Waals surface area contributed by atoms with E-state index in [-0.39, 0.29) is 5.92 Å². The summed E-state index contributed by atoms with van der Waals surface area (Å²) in [6.07, 6.45) is 9.24. The van der Waals surface area contributed by atoms with Crippen LogP contribution < -0.4 is 0 Å². The number of piperidine rings is 1. The second-order valence-corrected chi connectivity index (χ2v) is 6.89. The standard InChI is InChI=1S/C20H27NO/c1-16-8-10-17(11-9-16)14-18-6-5-7-19(20(18)22)15-21-12-3-2-4-13-21/h8-11,14,19H,2-7,12-13,15H2,1H3/b18-14-/t19-/m1/s1. The van der Waals surface area contributed by atoms with Crippen molar-refractivity contribution >= 4 is 11.9 Å². The number of Topliss-reactive ketones (excluding diaryl/α,β-unsaturated/α-hetero) is 1. The maximum atomic E-state index is 12.8. The van der Waals surface area contributed by atoms with Crippen molar-refractivity contribution < 1.29 is 4.79 Å². The van der Waals surface area contributed by atoms with Crippen LogP contribution in [0.15, 0.2) is 29.8 Å². The number of aryl methyl sites for hydroxylation is 1. The number of carbonyl (C=O) groups is 1. The van der Waals surface area contributed by atoms with Crippen molar-refractivity contribution in [2.45, 2.75) is 45.4 Å². The molecule has 2 nitrogen and oxygen atoms in total. The van der Waals surface area contributed by atoms with Crippen LogP contribution in [0.1, 0.15) is 49.7 Å². The largest absolute Gasteiger partial charge is 0.303 e. The minimum absolute atomic E-state index is 0.226. The van der Waals surface area contributed by atoms with E-state index in [9.17, 15) is 4.79 Å². The molecule has 0 amide bonds. The third-order valence-electron chi connectivity index (χ3n) is 5.03. The molecular weight excluding hydrogens is 270 g/mol. The van der Waals surface area contributed by atoms with Gasteiger partial charge in [-0.15, -0.1) is 0 Å². The second kappa shape index (κ2) is 7.23. The number of rotatable bonds is 3. The van der Waals surface area contributed by atoms with E-state index in [2.05, 4.69) is 42.2 Å². The number of hydrogen-bond donors (Lipinski definition) is 0. The summed E-state index contributed by atoms with van der Waals surface area (Å²) < 4.78 is 0. The molecule has 1 aromatic rings. The molecule has 2 heteroatoms. The first-order valence-corrected chi connectivity index (χ1v) is 8.76. The normalized spacial score (nSPS) is 25.6. The zero-order valence-electron chi connectivity index (χ0n) is 13.7. The summed E-state index contributed by atoms with van der Waals surface area (Å²) in [7, 11) is 0. The third-order valence-corrected chi connectivity index (χ3v) is 5.03. The fourth-order valence-electron chi connectivity index (χ4n) is 3.69. The Morgan fingerprint density at radius 1 is 1.09 bits per heavy atom. The molecule has 1 saturated heterocycles. The number of ketones is 1. The van der Waals surface area contributed by atoms with Gasteiger partial charge < -0.3 is 4.90 Å². The van der Waals surface area contributed by atoms with Crippen LogP contribution in [-0.4, -0.2) is 30.3 Å². The molecular formula is C20H27NO. The van der Waals surface area contributed by atoms with Crippen molar-refractivity contribution in [1.29, 1.82) is 0 Å². The Kier molecular flexibility index (Phi) is 5.09. The molecule has 1 aromatic carbocycles. The Labute approximate surface area is 134 Å². The highest BCUT2D eigenvalue weighted by Gasteiger charge is 2.28. The zero-order chi connectivity index (χ0) is 15.4. The van der Waals surface area contributed by atoms with E-state index in [0.717, 1.165) is 36.9 Å². The monoisotopic (exact) mass is 297 g/mol. The number of likely N-dealkylation sites (tertiary alicyclic amines) is 1. The molecule has 3 rings (SSSR count). The molecule has 0 N–H and O–H groups in total. The lowest BCUT2D eigenvalue weighted by Crippen LogP contribution is -2.38. The van der Waals surface area contributed by atoms with Crippen molar-refractivity contribution in [2.75, 3.05) is 19.6 Å². The van der Waals surface area contributed by atoms with Gasteiger partial charge in [0, 0.05) is 12.5 Å². The van der Waals surface area contributed by atoms with E-state index in [1.165, 1.54) is 37.9 Å². The fraction of sp³-hybridized carbons (Fsp3) is 0.550. The average molecular weight is 297 g/mol. The molecule has 0 unspecified atom stereocenters. The van der Waals surface area contributed by atoms with Crippen molar-refractivity contribution in [1.82, 2.24) is 4.90 Å². The molecule has 1 aliphatic heterocycles. The molecule has 118 valence electrons. The van der Waals surface area contributed by atoms with Crippen molar-refractivity contribution in [2.24, 2.45) is 5.92 Å². The van der Waals surface area contributed by atoms with Crippen molar-refractivity contribution in [3.05, 3.63) is 41.0 Å². The zero-order valence-corrected chi connectivity index (χ0v) is 13.7. The van der Waals surface area contributed by atoms with Gasteiger partial charge in [-0.05, 0) is 69.3 Å². The lowest BCUT2D eigenvalue weighted by atomic mass is 9.83. The highest BCUT2D eigenvalue weighted by molar-refractivity contribution is 6.01. The van der Waals surface area contributed by atoms with Crippen LogP contribution in [0.5, 0.6) is 0 Å². The van der Waals surface area contributed by atoms with Gasteiger partial charge in [0.05, 0.1) is 0 Å². The van der Waals surface area contributed by atoms with Crippen LogP contribution in [-0.2, 0) is 4.79 Å². The first-order chi connectivity index (χ1) is 10.7. The van der Waals surface area contributed by atoms with Crippen LogP contribution in [0.3, 0.4) is 0 Å². The fourth-order valence-corrected chi connectivity index (χ4v) is 3.69. The van der Waals surface area contributed by atoms with Crippen LogP contribution in [0, 0.1) is 12.8 Å². The number of nitrogens with zero attached hydrogens (tertiary/aromatic N) is 1. The van der Waals surface area contributed by atoms with Gasteiger partial charge in [0.25, 0.3) is 0 Å². The van der Waals surface area contributed by atoms with Gasteiger partial charge in [-0.3, -0.25) is 4.79 Å². The highest BCUT2D eigenvalue weighted by Crippen LogP contribution is 2.28. The van der Waals surface area contributed by atoms with Gasteiger partial charge in [0.2, 0.25) is 0 Å². The summed E-state index contributed by atoms with van der Waals surface area (Å²) in [4.78, 5) is 15.3. The van der Waals surface area contributed by atoms with Gasteiger partial charge in [0.15, 0.2) is 5.78 Å². The van der Waals surface area contributed by atoms with Gasteiger partial charge in [-0.25, -0.2) is 0 Å². The van der Waals surface area contributed by atoms with Gasteiger partial charge in [0.1, 0.15) is 0 Å². The maximum absolute atomic E-state index is 12.8. The Hall–Kier alpha value is -1.41. The molecule has 1 heterocycles. The Bertz CT molecular complexity index is 537. The lowest BCUT2D eigenvalue weighted by molar-refractivity contribution is -0.121. The minimum atomic E-state index is 0.226. The topological polar surface area (TPSA) is 20.3 Å². The molecule has 1 saturated carbocycles. The number of carbonyl (C=O) groups excluding carboxylic acids is 1. The van der Waals surface area contributed by atoms with Crippen LogP contribution in [0.4, 0.5) is 0 Å². The summed E-state index contributed by atoms with van der Waals surface area (Å²) in [6.45, 7) is 5.43. The number of benzene rings is 1. The predicted molar refractivity (Wildman–Crippen MR) is 91.8 cm³/mol. The quantitative estimate of drug-likeness (QED) is 0.778. The van der Waals surface area contributed by atoms with Gasteiger partial charge in [-0.2, -0.15) is 0 Å². The molecule has 0 spiro atoms. The summed E-state index contributed by atoms with van der Waals surface area (Å²) >= 11 is 0. The van der Waals surface area contributed by atoms with E-state index < -0.39 is 0 Å². The number of hydrogen-bond acceptors (Lipinski definition) is 2. The van der Waals surface area contributed by atoms with Crippen molar-refractivity contribution in [3.63, 3.8) is 0 Å². The van der Waals surface area contributed by atoms with E-state index in [1.807, 2.05) is 0 Å². The molecule has 0 radical (unpaired) electrons. The lowest BCUT2D eigenvalue weighted by Gasteiger charge is -2.32. The van der Waals surface area contributed by atoms with Crippen LogP contribution >= 0.6 is 0 Å². The minimum Gasteiger partial charge on any atom is -0.303 e. The van der Waals surface area contributed by atoms with E-state index in [0.29, 0.717) is 5.78 Å². The molecule has 0 aromatic heterocycles. The second-order valence-electron chi connectivity index (χ2n) is 6.89. The van der Waals surface area contributed by atoms with E-state index in [4.69, 9.17) is 0 Å². The molecule has 1 atom stereocenters. The van der Waals surface area contributed by atoms with Crippen LogP contribution in [0.2, 0.25) is 0 Å². The third kappa shape index (κ3) is 3.86. The number of allylic oxidation sites excluding steroid dienone is 1. The summed E-state index contributed by atoms with van der Waals surface area (Å²) in [6, 6.07) is 8.46. The van der Waals surface area contributed by atoms with E-state index in [1.54, 1.807) is 0 Å². The average Bonchev–Trinajstić information content (AvgIpc) is 2.54. The predicted octanol–water partition coefficient (Wildman–Crippen LogP) is 4.23. The molecule has 0 bridgehead atoms. The highest BCUT2D eigenvalue weighted by atomic mass is 16.1. The smallest absolute Gasteiger partial charge is 0.163 e. The molecule has 1 aliphatic carbocycles. The van der Waals surface area contributed by atoms with Gasteiger partial charge in [-0.1, -0.05) is 36.2 Å². The van der Waals surface area contributed by atoms with Crippen molar-refractivity contribution in [3.8, 4) is 0 Å². The maximum Gasteiger partial charge on any atom is 0.163 e. The van der Waals surface area contributed by atoms with Crippen LogP contribution in [0.25, 0.3) is 6.08 Å². The molecule has 2 fully saturated rings. The summed E-state index contributed by atoms with van der Waals surface area (Å²) in [5.74, 6) is 0.626. The summed E-state index contributed by atoms with van der Waals surface area (Å²) in [5, 5.41) is 0. The van der Waals surface area contributed by atoms with Gasteiger partial charge >= 0.3 is 0 Å².